The summed E-state index contributed by atoms with van der Waals surface area (Å²) in [5, 5.41) is 34.5. The lowest BCUT2D eigenvalue weighted by Gasteiger charge is -2.08. The Balaban J connectivity index is 1.84. The maximum absolute atomic E-state index is 9.64. The Labute approximate surface area is 115 Å². The van der Waals surface area contributed by atoms with Crippen molar-refractivity contribution < 1.29 is 15.3 Å². The van der Waals surface area contributed by atoms with Gasteiger partial charge < -0.3 is 20.6 Å². The molecule has 0 fully saturated rings. The molecule has 0 aliphatic carbocycles. The van der Waals surface area contributed by atoms with Crippen LogP contribution in [0.1, 0.15) is 16.3 Å². The molecule has 0 bridgehead atoms. The largest absolute Gasteiger partial charge is 0.504 e. The summed E-state index contributed by atoms with van der Waals surface area (Å²) < 4.78 is 0. The van der Waals surface area contributed by atoms with Gasteiger partial charge >= 0.3 is 0 Å². The van der Waals surface area contributed by atoms with Crippen LogP contribution in [0.15, 0.2) is 17.5 Å². The average molecular weight is 280 g/mol. The van der Waals surface area contributed by atoms with E-state index in [-0.39, 0.29) is 11.5 Å². The average Bonchev–Trinajstić information content (AvgIpc) is 2.80. The second-order valence-electron chi connectivity index (χ2n) is 4.23. The number of hydrogen-bond donors (Lipinski definition) is 4. The Kier molecular flexibility index (Phi) is 4.24. The van der Waals surface area contributed by atoms with E-state index < -0.39 is 5.75 Å². The molecule has 1 heterocycles. The van der Waals surface area contributed by atoms with Crippen LogP contribution < -0.4 is 5.32 Å². The van der Waals surface area contributed by atoms with Gasteiger partial charge in [-0.3, -0.25) is 0 Å². The Hall–Kier alpha value is -1.79. The molecule has 0 radical (unpaired) electrons. The van der Waals surface area contributed by atoms with Crippen LogP contribution in [0.2, 0.25) is 0 Å². The molecule has 2 rings (SSSR count). The molecular weight excluding hydrogens is 264 g/mol. The van der Waals surface area contributed by atoms with Gasteiger partial charge in [0, 0.05) is 30.5 Å². The molecule has 1 aromatic heterocycles. The molecule has 102 valence electrons. The summed E-state index contributed by atoms with van der Waals surface area (Å²) in [4.78, 5) is 4.35. The zero-order chi connectivity index (χ0) is 13.8. The molecule has 0 saturated heterocycles. The number of phenols is 3. The van der Waals surface area contributed by atoms with Crippen LogP contribution in [-0.4, -0.2) is 26.8 Å². The number of thiazole rings is 1. The van der Waals surface area contributed by atoms with Crippen LogP contribution >= 0.6 is 11.3 Å². The van der Waals surface area contributed by atoms with Gasteiger partial charge in [-0.1, -0.05) is 6.07 Å². The highest BCUT2D eigenvalue weighted by atomic mass is 32.1. The normalized spacial score (nSPS) is 10.8. The van der Waals surface area contributed by atoms with Gasteiger partial charge in [0.1, 0.15) is 0 Å². The molecule has 4 N–H and O–H groups in total. The Morgan fingerprint density at radius 3 is 2.68 bits per heavy atom. The van der Waals surface area contributed by atoms with Gasteiger partial charge in [-0.05, 0) is 13.0 Å². The van der Waals surface area contributed by atoms with Crippen LogP contribution in [-0.2, 0) is 13.0 Å². The van der Waals surface area contributed by atoms with Crippen molar-refractivity contribution in [3.63, 3.8) is 0 Å². The molecule has 0 atom stereocenters. The van der Waals surface area contributed by atoms with Gasteiger partial charge in [0.15, 0.2) is 11.5 Å². The molecule has 0 unspecified atom stereocenters. The molecule has 0 saturated carbocycles. The fraction of sp³-hybridized carbons (Fsp3) is 0.308. The number of aromatic nitrogens is 1. The number of aromatic hydroxyl groups is 3. The number of benzene rings is 1. The van der Waals surface area contributed by atoms with Gasteiger partial charge in [-0.2, -0.15) is 0 Å². The van der Waals surface area contributed by atoms with Gasteiger partial charge in [-0.25, -0.2) is 4.98 Å². The first-order valence-corrected chi connectivity index (χ1v) is 6.80. The standard InChI is InChI=1S/C13H16N2O3S/c1-8-15-10(7-19-8)4-5-14-6-9-2-3-11(16)13(18)12(9)17/h2-3,7,14,16-18H,4-6H2,1H3. The lowest BCUT2D eigenvalue weighted by Crippen LogP contribution is -2.16. The van der Waals surface area contributed by atoms with Crippen molar-refractivity contribution in [3.05, 3.63) is 33.8 Å². The van der Waals surface area contributed by atoms with E-state index in [0.717, 1.165) is 23.7 Å². The van der Waals surface area contributed by atoms with E-state index in [1.807, 2.05) is 12.3 Å². The molecule has 0 amide bonds. The fourth-order valence-corrected chi connectivity index (χ4v) is 2.36. The SMILES string of the molecule is Cc1nc(CCNCc2ccc(O)c(O)c2O)cs1. The van der Waals surface area contributed by atoms with Gasteiger partial charge in [0.25, 0.3) is 0 Å². The van der Waals surface area contributed by atoms with Crippen LogP contribution in [0.3, 0.4) is 0 Å². The summed E-state index contributed by atoms with van der Waals surface area (Å²) in [6.07, 6.45) is 0.815. The summed E-state index contributed by atoms with van der Waals surface area (Å²) in [6, 6.07) is 2.93. The van der Waals surface area contributed by atoms with Crippen LogP contribution in [0.5, 0.6) is 17.2 Å². The lowest BCUT2D eigenvalue weighted by molar-refractivity contribution is 0.364. The molecule has 5 nitrogen and oxygen atoms in total. The monoisotopic (exact) mass is 280 g/mol. The number of nitrogens with one attached hydrogen (secondary N) is 1. The fourth-order valence-electron chi connectivity index (χ4n) is 1.72. The smallest absolute Gasteiger partial charge is 0.200 e. The Bertz CT molecular complexity index is 569. The van der Waals surface area contributed by atoms with Gasteiger partial charge in [-0.15, -0.1) is 11.3 Å². The maximum Gasteiger partial charge on any atom is 0.200 e. The van der Waals surface area contributed by atoms with E-state index in [9.17, 15) is 15.3 Å². The molecule has 0 aliphatic heterocycles. The van der Waals surface area contributed by atoms with Crippen molar-refractivity contribution in [1.29, 1.82) is 0 Å². The van der Waals surface area contributed by atoms with E-state index in [1.165, 1.54) is 6.07 Å². The third-order valence-corrected chi connectivity index (χ3v) is 3.58. The summed E-state index contributed by atoms with van der Waals surface area (Å²) in [6.45, 7) is 3.12. The minimum atomic E-state index is -0.477. The lowest BCUT2D eigenvalue weighted by atomic mass is 10.1. The summed E-state index contributed by atoms with van der Waals surface area (Å²) in [7, 11) is 0. The summed E-state index contributed by atoms with van der Waals surface area (Å²) in [5.41, 5.74) is 1.59. The first-order chi connectivity index (χ1) is 9.08. The minimum Gasteiger partial charge on any atom is -0.504 e. The highest BCUT2D eigenvalue weighted by Crippen LogP contribution is 2.36. The van der Waals surface area contributed by atoms with E-state index in [4.69, 9.17) is 0 Å². The van der Waals surface area contributed by atoms with E-state index in [0.29, 0.717) is 12.1 Å². The molecule has 6 heteroatoms. The van der Waals surface area contributed by atoms with Crippen molar-refractivity contribution >= 4 is 11.3 Å². The van der Waals surface area contributed by atoms with E-state index in [2.05, 4.69) is 10.3 Å². The molecule has 0 spiro atoms. The topological polar surface area (TPSA) is 85.6 Å². The Morgan fingerprint density at radius 1 is 1.21 bits per heavy atom. The van der Waals surface area contributed by atoms with Crippen molar-refractivity contribution in [1.82, 2.24) is 10.3 Å². The third kappa shape index (κ3) is 3.36. The molecule has 1 aromatic carbocycles. The number of nitrogens with zero attached hydrogens (tertiary/aromatic N) is 1. The highest BCUT2D eigenvalue weighted by molar-refractivity contribution is 7.09. The predicted molar refractivity (Wildman–Crippen MR) is 73.7 cm³/mol. The zero-order valence-electron chi connectivity index (χ0n) is 10.6. The second-order valence-corrected chi connectivity index (χ2v) is 5.29. The number of phenolic OH excluding ortho intramolecular Hbond substituents is 3. The zero-order valence-corrected chi connectivity index (χ0v) is 11.4. The number of hydrogen-bond acceptors (Lipinski definition) is 6. The van der Waals surface area contributed by atoms with Crippen molar-refractivity contribution in [3.8, 4) is 17.2 Å². The first kappa shape index (κ1) is 13.6. The molecule has 19 heavy (non-hydrogen) atoms. The summed E-state index contributed by atoms with van der Waals surface area (Å²) >= 11 is 1.63. The quantitative estimate of drug-likeness (QED) is 0.496. The highest BCUT2D eigenvalue weighted by Gasteiger charge is 2.10. The van der Waals surface area contributed by atoms with Crippen LogP contribution in [0.25, 0.3) is 0 Å². The molecular formula is C13H16N2O3S. The minimum absolute atomic E-state index is 0.281. The number of aryl methyl sites for hydroxylation is 1. The summed E-state index contributed by atoms with van der Waals surface area (Å²) in [5.74, 6) is -1.08. The van der Waals surface area contributed by atoms with Crippen molar-refractivity contribution in [2.75, 3.05) is 6.54 Å². The molecule has 2 aromatic rings. The van der Waals surface area contributed by atoms with Gasteiger partial charge in [0.2, 0.25) is 5.75 Å². The first-order valence-electron chi connectivity index (χ1n) is 5.92. The maximum atomic E-state index is 9.64. The third-order valence-electron chi connectivity index (χ3n) is 2.75. The number of rotatable bonds is 5. The van der Waals surface area contributed by atoms with E-state index >= 15 is 0 Å². The van der Waals surface area contributed by atoms with Gasteiger partial charge in [0.05, 0.1) is 10.7 Å². The molecule has 0 aliphatic rings. The van der Waals surface area contributed by atoms with Crippen molar-refractivity contribution in [2.45, 2.75) is 19.9 Å². The second kappa shape index (κ2) is 5.90. The van der Waals surface area contributed by atoms with Crippen molar-refractivity contribution in [2.24, 2.45) is 0 Å². The van der Waals surface area contributed by atoms with Crippen LogP contribution in [0.4, 0.5) is 0 Å². The Morgan fingerprint density at radius 2 is 2.00 bits per heavy atom. The van der Waals surface area contributed by atoms with E-state index in [1.54, 1.807) is 17.4 Å². The van der Waals surface area contributed by atoms with Crippen LogP contribution in [0, 0.1) is 6.92 Å². The predicted octanol–water partition coefficient (Wildman–Crippen LogP) is 1.90.